The number of hydrogen-bond acceptors (Lipinski definition) is 7. The van der Waals surface area contributed by atoms with Crippen LogP contribution in [-0.4, -0.2) is 21.4 Å². The Kier molecular flexibility index (Phi) is 3.09. The molecule has 0 amide bonds. The van der Waals surface area contributed by atoms with Crippen LogP contribution in [0.3, 0.4) is 0 Å². The molecular formula is C10H7FN6O2. The topological polar surface area (TPSA) is 136 Å². The minimum Gasteiger partial charge on any atom is -0.379 e. The van der Waals surface area contributed by atoms with E-state index in [2.05, 4.69) is 14.9 Å². The molecule has 1 aromatic carbocycles. The Bertz CT molecular complexity index is 677. The van der Waals surface area contributed by atoms with E-state index in [1.165, 1.54) is 18.2 Å². The van der Waals surface area contributed by atoms with Crippen molar-refractivity contribution in [1.29, 1.82) is 10.7 Å². The van der Waals surface area contributed by atoms with Crippen molar-refractivity contribution in [2.75, 3.05) is 10.8 Å². The molecule has 0 atom stereocenters. The Morgan fingerprint density at radius 1 is 1.53 bits per heavy atom. The Labute approximate surface area is 105 Å². The van der Waals surface area contributed by atoms with Crippen LogP contribution in [-0.2, 0) is 0 Å². The van der Waals surface area contributed by atoms with Gasteiger partial charge in [0.1, 0.15) is 11.8 Å². The maximum atomic E-state index is 13.8. The summed E-state index contributed by atoms with van der Waals surface area (Å²) in [6, 6.07) is 5.41. The van der Waals surface area contributed by atoms with Gasteiger partial charge in [0, 0.05) is 0 Å². The molecule has 0 unspecified atom stereocenters. The molecule has 0 aliphatic rings. The summed E-state index contributed by atoms with van der Waals surface area (Å²) in [6.45, 7) is 0. The summed E-state index contributed by atoms with van der Waals surface area (Å²) >= 11 is 0. The number of anilines is 2. The average molecular weight is 262 g/mol. The van der Waals surface area contributed by atoms with Crippen molar-refractivity contribution in [3.63, 3.8) is 0 Å². The Hall–Kier alpha value is -2.99. The second-order valence-corrected chi connectivity index (χ2v) is 3.41. The van der Waals surface area contributed by atoms with Crippen molar-refractivity contribution in [3.8, 4) is 6.07 Å². The average Bonchev–Trinajstić information content (AvgIpc) is 2.83. The molecule has 1 aromatic heterocycles. The molecule has 8 nitrogen and oxygen atoms in total. The predicted octanol–water partition coefficient (Wildman–Crippen LogP) is 0.884. The van der Waals surface area contributed by atoms with E-state index in [0.29, 0.717) is 0 Å². The number of hydroxylamine groups is 1. The SMILES string of the molecule is N#Cc1cccc(N(O)C(=N)c2nonc2N)c1F. The van der Waals surface area contributed by atoms with Gasteiger partial charge < -0.3 is 5.73 Å². The van der Waals surface area contributed by atoms with Crippen LogP contribution in [0.2, 0.25) is 0 Å². The molecule has 0 aliphatic carbocycles. The highest BCUT2D eigenvalue weighted by atomic mass is 19.1. The molecule has 0 saturated carbocycles. The van der Waals surface area contributed by atoms with Gasteiger partial charge in [0.2, 0.25) is 0 Å². The third-order valence-corrected chi connectivity index (χ3v) is 2.28. The standard InChI is InChI=1S/C10H7FN6O2/c11-7-5(4-12)2-1-3-6(7)17(18)10(14)8-9(13)16-19-15-8/h1-3,14,18H,(H2,13,16). The molecule has 0 bridgehead atoms. The van der Waals surface area contributed by atoms with Gasteiger partial charge in [0.15, 0.2) is 23.2 Å². The highest BCUT2D eigenvalue weighted by Crippen LogP contribution is 2.22. The van der Waals surface area contributed by atoms with Gasteiger partial charge in [0.05, 0.1) is 5.56 Å². The van der Waals surface area contributed by atoms with Crippen LogP contribution in [0.4, 0.5) is 15.9 Å². The third-order valence-electron chi connectivity index (χ3n) is 2.28. The van der Waals surface area contributed by atoms with Crippen LogP contribution < -0.4 is 10.8 Å². The summed E-state index contributed by atoms with van der Waals surface area (Å²) in [4.78, 5) is 0. The molecule has 0 spiro atoms. The molecule has 0 fully saturated rings. The maximum absolute atomic E-state index is 13.8. The minimum absolute atomic E-state index is 0.200. The summed E-state index contributed by atoms with van der Waals surface area (Å²) in [5, 5.41) is 32.9. The quantitative estimate of drug-likeness (QED) is 0.415. The van der Waals surface area contributed by atoms with E-state index in [1.54, 1.807) is 6.07 Å². The van der Waals surface area contributed by atoms with Gasteiger partial charge in [0.25, 0.3) is 0 Å². The number of hydrogen-bond donors (Lipinski definition) is 3. The second kappa shape index (κ2) is 4.71. The zero-order valence-corrected chi connectivity index (χ0v) is 9.33. The smallest absolute Gasteiger partial charge is 0.199 e. The Morgan fingerprint density at radius 2 is 2.26 bits per heavy atom. The lowest BCUT2D eigenvalue weighted by atomic mass is 10.2. The molecule has 2 rings (SSSR count). The van der Waals surface area contributed by atoms with Crippen LogP contribution in [0.1, 0.15) is 11.3 Å². The lowest BCUT2D eigenvalue weighted by molar-refractivity contribution is 0.298. The van der Waals surface area contributed by atoms with Gasteiger partial charge in [-0.15, -0.1) is 0 Å². The highest BCUT2D eigenvalue weighted by molar-refractivity contribution is 6.07. The molecule has 0 aliphatic heterocycles. The Morgan fingerprint density at radius 3 is 2.84 bits per heavy atom. The van der Waals surface area contributed by atoms with Crippen molar-refractivity contribution in [2.45, 2.75) is 0 Å². The monoisotopic (exact) mass is 262 g/mol. The summed E-state index contributed by atoms with van der Waals surface area (Å²) in [5.41, 5.74) is 4.46. The second-order valence-electron chi connectivity index (χ2n) is 3.41. The molecule has 2 aromatic rings. The fraction of sp³-hybridized carbons (Fsp3) is 0. The first-order chi connectivity index (χ1) is 9.06. The van der Waals surface area contributed by atoms with Crippen molar-refractivity contribution >= 4 is 17.3 Å². The van der Waals surface area contributed by atoms with Crippen LogP contribution in [0, 0.1) is 22.6 Å². The molecule has 96 valence electrons. The van der Waals surface area contributed by atoms with Crippen LogP contribution >= 0.6 is 0 Å². The number of amidine groups is 1. The Balaban J connectivity index is 2.41. The van der Waals surface area contributed by atoms with Gasteiger partial charge in [-0.1, -0.05) is 6.07 Å². The molecule has 9 heteroatoms. The number of halogens is 1. The summed E-state index contributed by atoms with van der Waals surface area (Å²) in [6.07, 6.45) is 0. The molecule has 1 heterocycles. The fourth-order valence-electron chi connectivity index (χ4n) is 1.35. The fourth-order valence-corrected chi connectivity index (χ4v) is 1.35. The number of aromatic nitrogens is 2. The molecular weight excluding hydrogens is 255 g/mol. The van der Waals surface area contributed by atoms with Gasteiger partial charge in [-0.2, -0.15) is 5.26 Å². The number of benzene rings is 1. The number of nitrogen functional groups attached to an aromatic ring is 1. The van der Waals surface area contributed by atoms with E-state index in [9.17, 15) is 9.60 Å². The van der Waals surface area contributed by atoms with Crippen molar-refractivity contribution < 1.29 is 14.2 Å². The van der Waals surface area contributed by atoms with Crippen molar-refractivity contribution in [2.24, 2.45) is 0 Å². The lowest BCUT2D eigenvalue weighted by Gasteiger charge is -2.16. The van der Waals surface area contributed by atoms with Crippen LogP contribution in [0.25, 0.3) is 0 Å². The van der Waals surface area contributed by atoms with Crippen LogP contribution in [0.15, 0.2) is 22.8 Å². The van der Waals surface area contributed by atoms with E-state index < -0.39 is 11.7 Å². The van der Waals surface area contributed by atoms with E-state index in [0.717, 1.165) is 0 Å². The van der Waals surface area contributed by atoms with Gasteiger partial charge in [-0.05, 0) is 22.4 Å². The minimum atomic E-state index is -0.965. The molecule has 4 N–H and O–H groups in total. The highest BCUT2D eigenvalue weighted by Gasteiger charge is 2.22. The summed E-state index contributed by atoms with van der Waals surface area (Å²) in [5.74, 6) is -1.82. The molecule has 0 radical (unpaired) electrons. The van der Waals surface area contributed by atoms with Crippen LogP contribution in [0.5, 0.6) is 0 Å². The number of nitriles is 1. The predicted molar refractivity (Wildman–Crippen MR) is 60.9 cm³/mol. The van der Waals surface area contributed by atoms with E-state index in [4.69, 9.17) is 16.4 Å². The largest absolute Gasteiger partial charge is 0.379 e. The molecule has 19 heavy (non-hydrogen) atoms. The van der Waals surface area contributed by atoms with E-state index in [1.807, 2.05) is 0 Å². The van der Waals surface area contributed by atoms with Gasteiger partial charge in [-0.25, -0.2) is 14.1 Å². The van der Waals surface area contributed by atoms with Crippen molar-refractivity contribution in [1.82, 2.24) is 10.3 Å². The maximum Gasteiger partial charge on any atom is 0.199 e. The van der Waals surface area contributed by atoms with Crippen molar-refractivity contribution in [3.05, 3.63) is 35.3 Å². The number of rotatable bonds is 2. The van der Waals surface area contributed by atoms with Gasteiger partial charge >= 0.3 is 0 Å². The lowest BCUT2D eigenvalue weighted by Crippen LogP contribution is -2.29. The molecule has 0 saturated heterocycles. The number of nitrogens with zero attached hydrogens (tertiary/aromatic N) is 4. The number of nitrogens with one attached hydrogen (secondary N) is 1. The first-order valence-electron chi connectivity index (χ1n) is 4.90. The third kappa shape index (κ3) is 2.07. The number of nitrogens with two attached hydrogens (primary N) is 1. The first-order valence-corrected chi connectivity index (χ1v) is 4.90. The zero-order chi connectivity index (χ0) is 14.0. The van der Waals surface area contributed by atoms with E-state index in [-0.39, 0.29) is 27.8 Å². The normalized spacial score (nSPS) is 9.95. The summed E-state index contributed by atoms with van der Waals surface area (Å²) < 4.78 is 18.1. The summed E-state index contributed by atoms with van der Waals surface area (Å²) in [7, 11) is 0. The first kappa shape index (κ1) is 12.5. The van der Waals surface area contributed by atoms with Gasteiger partial charge in [-0.3, -0.25) is 10.6 Å². The zero-order valence-electron chi connectivity index (χ0n) is 9.33. The van der Waals surface area contributed by atoms with E-state index >= 15 is 0 Å².